The maximum absolute atomic E-state index is 3.84. The minimum Gasteiger partial charge on any atom is -0.0961 e. The van der Waals surface area contributed by atoms with Gasteiger partial charge in [0.15, 0.2) is 0 Å². The third-order valence-corrected chi connectivity index (χ3v) is 1.97. The highest BCUT2D eigenvalue weighted by molar-refractivity contribution is 5.11. The Balaban J connectivity index is 3.45. The fourth-order valence-electron chi connectivity index (χ4n) is 1.14. The molecule has 0 heteroatoms. The summed E-state index contributed by atoms with van der Waals surface area (Å²) < 4.78 is 0. The van der Waals surface area contributed by atoms with Gasteiger partial charge in [-0.2, -0.15) is 0 Å². The molecule has 0 aliphatic heterocycles. The first-order chi connectivity index (χ1) is 5.66. The van der Waals surface area contributed by atoms with Gasteiger partial charge in [0.2, 0.25) is 0 Å². The Hall–Kier alpha value is -0.520. The van der Waals surface area contributed by atoms with Crippen LogP contribution in [0.1, 0.15) is 46.5 Å². The first-order valence-corrected chi connectivity index (χ1v) is 5.00. The molecular formula is C12H22. The van der Waals surface area contributed by atoms with Gasteiger partial charge in [0.05, 0.1) is 0 Å². The highest BCUT2D eigenvalue weighted by Crippen LogP contribution is 2.11. The Morgan fingerprint density at radius 3 is 2.58 bits per heavy atom. The second-order valence-corrected chi connectivity index (χ2v) is 3.68. The van der Waals surface area contributed by atoms with Gasteiger partial charge in [0, 0.05) is 0 Å². The highest BCUT2D eigenvalue weighted by atomic mass is 14.0. The maximum Gasteiger partial charge on any atom is -0.0259 e. The van der Waals surface area contributed by atoms with Crippen molar-refractivity contribution in [3.63, 3.8) is 0 Å². The van der Waals surface area contributed by atoms with Crippen molar-refractivity contribution in [2.24, 2.45) is 5.92 Å². The van der Waals surface area contributed by atoms with E-state index in [2.05, 4.69) is 32.6 Å². The molecule has 12 heavy (non-hydrogen) atoms. The van der Waals surface area contributed by atoms with Gasteiger partial charge in [-0.05, 0) is 19.3 Å². The summed E-state index contributed by atoms with van der Waals surface area (Å²) in [6.07, 6.45) is 9.74. The number of allylic oxidation sites excluding steroid dienone is 3. The molecule has 0 bridgehead atoms. The van der Waals surface area contributed by atoms with E-state index in [1.165, 1.54) is 25.7 Å². The molecule has 0 saturated heterocycles. The van der Waals surface area contributed by atoms with Crippen LogP contribution >= 0.6 is 0 Å². The fraction of sp³-hybridized carbons (Fsp3) is 0.667. The highest BCUT2D eigenvalue weighted by Gasteiger charge is 1.95. The molecule has 0 aromatic carbocycles. The number of hydrogen-bond donors (Lipinski definition) is 0. The molecule has 0 aliphatic carbocycles. The van der Waals surface area contributed by atoms with E-state index in [0.717, 1.165) is 5.57 Å². The van der Waals surface area contributed by atoms with Gasteiger partial charge >= 0.3 is 0 Å². The van der Waals surface area contributed by atoms with Crippen LogP contribution in [0.15, 0.2) is 24.3 Å². The summed E-state index contributed by atoms with van der Waals surface area (Å²) in [5.41, 5.74) is 1.15. The zero-order chi connectivity index (χ0) is 9.40. The van der Waals surface area contributed by atoms with Gasteiger partial charge < -0.3 is 0 Å². The van der Waals surface area contributed by atoms with E-state index in [0.29, 0.717) is 5.92 Å². The predicted molar refractivity (Wildman–Crippen MR) is 57.3 cm³/mol. The van der Waals surface area contributed by atoms with Gasteiger partial charge in [0.25, 0.3) is 0 Å². The Morgan fingerprint density at radius 1 is 1.42 bits per heavy atom. The monoisotopic (exact) mass is 166 g/mol. The summed E-state index contributed by atoms with van der Waals surface area (Å²) in [5.74, 6) is 0.716. The lowest BCUT2D eigenvalue weighted by atomic mass is 10.0. The van der Waals surface area contributed by atoms with E-state index in [-0.39, 0.29) is 0 Å². The first-order valence-electron chi connectivity index (χ1n) is 5.00. The first kappa shape index (κ1) is 11.5. The van der Waals surface area contributed by atoms with Crippen molar-refractivity contribution in [1.82, 2.24) is 0 Å². The normalized spacial score (nSPS) is 13.6. The van der Waals surface area contributed by atoms with E-state index in [1.54, 1.807) is 0 Å². The molecule has 70 valence electrons. The Bertz CT molecular complexity index is 142. The number of rotatable bonds is 6. The van der Waals surface area contributed by atoms with Crippen LogP contribution in [0.3, 0.4) is 0 Å². The molecule has 0 nitrogen and oxygen atoms in total. The lowest BCUT2D eigenvalue weighted by Gasteiger charge is -2.04. The largest absolute Gasteiger partial charge is 0.0961 e. The average Bonchev–Trinajstić information content (AvgIpc) is 2.01. The van der Waals surface area contributed by atoms with Gasteiger partial charge in [-0.25, -0.2) is 0 Å². The molecule has 0 saturated carbocycles. The van der Waals surface area contributed by atoms with Crippen LogP contribution in [0.4, 0.5) is 0 Å². The van der Waals surface area contributed by atoms with Gasteiger partial charge in [-0.1, -0.05) is 57.4 Å². The van der Waals surface area contributed by atoms with Crippen LogP contribution in [0, 0.1) is 5.92 Å². The van der Waals surface area contributed by atoms with Crippen molar-refractivity contribution in [1.29, 1.82) is 0 Å². The summed E-state index contributed by atoms with van der Waals surface area (Å²) in [6.45, 7) is 10.4. The third-order valence-electron chi connectivity index (χ3n) is 1.97. The second kappa shape index (κ2) is 7.15. The molecule has 0 spiro atoms. The lowest BCUT2D eigenvalue weighted by molar-refractivity contribution is 0.576. The molecule has 0 radical (unpaired) electrons. The summed E-state index contributed by atoms with van der Waals surface area (Å²) in [7, 11) is 0. The van der Waals surface area contributed by atoms with Crippen LogP contribution in [-0.4, -0.2) is 0 Å². The van der Waals surface area contributed by atoms with Crippen LogP contribution in [0.2, 0.25) is 0 Å². The molecule has 0 fully saturated rings. The van der Waals surface area contributed by atoms with E-state index < -0.39 is 0 Å². The maximum atomic E-state index is 3.84. The van der Waals surface area contributed by atoms with Crippen molar-refractivity contribution < 1.29 is 0 Å². The van der Waals surface area contributed by atoms with E-state index >= 15 is 0 Å². The van der Waals surface area contributed by atoms with Gasteiger partial charge in [-0.3, -0.25) is 0 Å². The molecule has 0 aliphatic rings. The molecule has 1 unspecified atom stereocenters. The SMILES string of the molecule is C=C(C)/C=C\C(C)CCCCC. The van der Waals surface area contributed by atoms with Crippen molar-refractivity contribution in [3.8, 4) is 0 Å². The van der Waals surface area contributed by atoms with Crippen molar-refractivity contribution in [3.05, 3.63) is 24.3 Å². The van der Waals surface area contributed by atoms with E-state index in [1.807, 2.05) is 6.92 Å². The molecular weight excluding hydrogens is 144 g/mol. The van der Waals surface area contributed by atoms with Crippen molar-refractivity contribution in [2.45, 2.75) is 46.5 Å². The Morgan fingerprint density at radius 2 is 2.08 bits per heavy atom. The van der Waals surface area contributed by atoms with Crippen LogP contribution in [0.25, 0.3) is 0 Å². The van der Waals surface area contributed by atoms with Crippen LogP contribution < -0.4 is 0 Å². The molecule has 0 amide bonds. The standard InChI is InChI=1S/C12H22/c1-5-6-7-8-12(4)10-9-11(2)3/h9-10,12H,2,5-8H2,1,3-4H3/b10-9-. The Labute approximate surface area is 77.4 Å². The molecule has 0 heterocycles. The molecule has 1 atom stereocenters. The number of unbranched alkanes of at least 4 members (excludes halogenated alkanes) is 2. The zero-order valence-electron chi connectivity index (χ0n) is 8.77. The lowest BCUT2D eigenvalue weighted by Crippen LogP contribution is -1.89. The molecule has 0 N–H and O–H groups in total. The smallest absolute Gasteiger partial charge is 0.0259 e. The minimum atomic E-state index is 0.716. The van der Waals surface area contributed by atoms with Crippen molar-refractivity contribution >= 4 is 0 Å². The summed E-state index contributed by atoms with van der Waals surface area (Å²) in [6, 6.07) is 0. The molecule has 0 rings (SSSR count). The van der Waals surface area contributed by atoms with Crippen LogP contribution in [0.5, 0.6) is 0 Å². The Kier molecular flexibility index (Phi) is 6.84. The summed E-state index contributed by atoms with van der Waals surface area (Å²) in [4.78, 5) is 0. The predicted octanol–water partition coefficient (Wildman–Crippen LogP) is 4.34. The van der Waals surface area contributed by atoms with Crippen LogP contribution in [-0.2, 0) is 0 Å². The van der Waals surface area contributed by atoms with E-state index in [4.69, 9.17) is 0 Å². The van der Waals surface area contributed by atoms with E-state index in [9.17, 15) is 0 Å². The minimum absolute atomic E-state index is 0.716. The van der Waals surface area contributed by atoms with Gasteiger partial charge in [0.1, 0.15) is 0 Å². The number of hydrogen-bond acceptors (Lipinski definition) is 0. The average molecular weight is 166 g/mol. The molecule has 0 aromatic rings. The van der Waals surface area contributed by atoms with Crippen molar-refractivity contribution in [2.75, 3.05) is 0 Å². The summed E-state index contributed by atoms with van der Waals surface area (Å²) >= 11 is 0. The third kappa shape index (κ3) is 7.59. The molecule has 0 aromatic heterocycles. The fourth-order valence-corrected chi connectivity index (χ4v) is 1.14. The quantitative estimate of drug-likeness (QED) is 0.407. The second-order valence-electron chi connectivity index (χ2n) is 3.68. The topological polar surface area (TPSA) is 0 Å². The van der Waals surface area contributed by atoms with Gasteiger partial charge in [-0.15, -0.1) is 0 Å². The summed E-state index contributed by atoms with van der Waals surface area (Å²) in [5, 5.41) is 0. The zero-order valence-corrected chi connectivity index (χ0v) is 8.77.